The zero-order valence-electron chi connectivity index (χ0n) is 11.7. The average Bonchev–Trinajstić information content (AvgIpc) is 2.44. The minimum atomic E-state index is -0.556. The monoisotopic (exact) mass is 282 g/mol. The SMILES string of the molecule is COc1cc([N+](=O)[O-])ccc1C(=O)NCC(C)(C)CO. The van der Waals surface area contributed by atoms with Crippen LogP contribution in [0.2, 0.25) is 0 Å². The fraction of sp³-hybridized carbons (Fsp3) is 0.462. The predicted octanol–water partition coefficient (Wildman–Crippen LogP) is 1.35. The number of non-ortho nitro benzene ring substituents is 1. The Kier molecular flexibility index (Phi) is 5.04. The number of carbonyl (C=O) groups excluding carboxylic acids is 1. The molecule has 0 saturated heterocycles. The highest BCUT2D eigenvalue weighted by molar-refractivity contribution is 5.97. The largest absolute Gasteiger partial charge is 0.496 e. The Labute approximate surface area is 116 Å². The number of aliphatic hydroxyl groups is 1. The molecule has 1 amide bonds. The number of benzene rings is 1. The molecule has 0 saturated carbocycles. The fourth-order valence-corrected chi connectivity index (χ4v) is 1.45. The van der Waals surface area contributed by atoms with Gasteiger partial charge in [-0.25, -0.2) is 0 Å². The molecule has 1 aromatic carbocycles. The lowest BCUT2D eigenvalue weighted by Gasteiger charge is -2.22. The van der Waals surface area contributed by atoms with Gasteiger partial charge >= 0.3 is 0 Å². The van der Waals surface area contributed by atoms with Gasteiger partial charge in [0.2, 0.25) is 0 Å². The molecule has 0 aliphatic carbocycles. The summed E-state index contributed by atoms with van der Waals surface area (Å²) in [5, 5.41) is 22.5. The Bertz CT molecular complexity index is 513. The number of hydrogen-bond donors (Lipinski definition) is 2. The van der Waals surface area contributed by atoms with E-state index < -0.39 is 16.2 Å². The van der Waals surface area contributed by atoms with E-state index in [4.69, 9.17) is 9.84 Å². The Balaban J connectivity index is 2.90. The molecule has 0 bridgehead atoms. The van der Waals surface area contributed by atoms with E-state index in [2.05, 4.69) is 5.32 Å². The third-order valence-corrected chi connectivity index (χ3v) is 2.80. The summed E-state index contributed by atoms with van der Waals surface area (Å²) in [6.07, 6.45) is 0. The van der Waals surface area contributed by atoms with E-state index in [-0.39, 0.29) is 30.2 Å². The van der Waals surface area contributed by atoms with E-state index in [0.717, 1.165) is 0 Å². The van der Waals surface area contributed by atoms with Crippen LogP contribution in [-0.2, 0) is 0 Å². The van der Waals surface area contributed by atoms with E-state index in [1.54, 1.807) is 13.8 Å². The van der Waals surface area contributed by atoms with Crippen molar-refractivity contribution in [2.75, 3.05) is 20.3 Å². The highest BCUT2D eigenvalue weighted by Crippen LogP contribution is 2.24. The van der Waals surface area contributed by atoms with E-state index >= 15 is 0 Å². The molecule has 0 spiro atoms. The fourth-order valence-electron chi connectivity index (χ4n) is 1.45. The number of hydrogen-bond acceptors (Lipinski definition) is 5. The van der Waals surface area contributed by atoms with Gasteiger partial charge in [-0.2, -0.15) is 0 Å². The van der Waals surface area contributed by atoms with Crippen LogP contribution in [0, 0.1) is 15.5 Å². The molecule has 1 rings (SSSR count). The number of rotatable bonds is 6. The molecule has 20 heavy (non-hydrogen) atoms. The molecule has 0 heterocycles. The lowest BCUT2D eigenvalue weighted by molar-refractivity contribution is -0.384. The first-order valence-corrected chi connectivity index (χ1v) is 6.02. The van der Waals surface area contributed by atoms with Gasteiger partial charge in [-0.1, -0.05) is 13.8 Å². The highest BCUT2D eigenvalue weighted by atomic mass is 16.6. The van der Waals surface area contributed by atoms with Crippen molar-refractivity contribution in [2.24, 2.45) is 5.41 Å². The summed E-state index contributed by atoms with van der Waals surface area (Å²) < 4.78 is 5.00. The number of aliphatic hydroxyl groups excluding tert-OH is 1. The highest BCUT2D eigenvalue weighted by Gasteiger charge is 2.21. The number of nitrogens with one attached hydrogen (secondary N) is 1. The van der Waals surface area contributed by atoms with Crippen molar-refractivity contribution in [3.05, 3.63) is 33.9 Å². The summed E-state index contributed by atoms with van der Waals surface area (Å²) in [7, 11) is 1.34. The Morgan fingerprint density at radius 1 is 1.50 bits per heavy atom. The molecule has 0 unspecified atom stereocenters. The van der Waals surface area contributed by atoms with E-state index in [1.165, 1.54) is 25.3 Å². The van der Waals surface area contributed by atoms with Crippen LogP contribution in [0.1, 0.15) is 24.2 Å². The second-order valence-corrected chi connectivity index (χ2v) is 5.15. The van der Waals surface area contributed by atoms with Gasteiger partial charge in [0, 0.05) is 24.6 Å². The van der Waals surface area contributed by atoms with Gasteiger partial charge in [-0.15, -0.1) is 0 Å². The number of methoxy groups -OCH3 is 1. The van der Waals surface area contributed by atoms with Crippen molar-refractivity contribution in [3.8, 4) is 5.75 Å². The van der Waals surface area contributed by atoms with E-state index in [0.29, 0.717) is 0 Å². The second kappa shape index (κ2) is 6.33. The quantitative estimate of drug-likeness (QED) is 0.605. The maximum Gasteiger partial charge on any atom is 0.273 e. The van der Waals surface area contributed by atoms with Crippen molar-refractivity contribution in [1.29, 1.82) is 0 Å². The molecular formula is C13H18N2O5. The second-order valence-electron chi connectivity index (χ2n) is 5.15. The van der Waals surface area contributed by atoms with Crippen LogP contribution in [0.3, 0.4) is 0 Å². The Morgan fingerprint density at radius 2 is 2.15 bits per heavy atom. The van der Waals surface area contributed by atoms with Crippen molar-refractivity contribution in [2.45, 2.75) is 13.8 Å². The minimum Gasteiger partial charge on any atom is -0.496 e. The van der Waals surface area contributed by atoms with Gasteiger partial charge in [0.1, 0.15) is 5.75 Å². The van der Waals surface area contributed by atoms with Gasteiger partial charge in [0.25, 0.3) is 11.6 Å². The zero-order valence-corrected chi connectivity index (χ0v) is 11.7. The molecule has 110 valence electrons. The molecule has 0 radical (unpaired) electrons. The van der Waals surface area contributed by atoms with Crippen LogP contribution < -0.4 is 10.1 Å². The topological polar surface area (TPSA) is 102 Å². The first kappa shape index (κ1) is 15.9. The first-order valence-electron chi connectivity index (χ1n) is 6.02. The molecule has 7 heteroatoms. The smallest absolute Gasteiger partial charge is 0.273 e. The van der Waals surface area contributed by atoms with Gasteiger partial charge < -0.3 is 15.2 Å². The first-order chi connectivity index (χ1) is 9.30. The summed E-state index contributed by atoms with van der Waals surface area (Å²) in [5.41, 5.74) is -0.370. The van der Waals surface area contributed by atoms with Crippen molar-refractivity contribution in [1.82, 2.24) is 5.32 Å². The summed E-state index contributed by atoms with van der Waals surface area (Å²) >= 11 is 0. The lowest BCUT2D eigenvalue weighted by Crippen LogP contribution is -2.36. The van der Waals surface area contributed by atoms with Gasteiger partial charge in [-0.05, 0) is 6.07 Å². The standard InChI is InChI=1S/C13H18N2O5/c1-13(2,8-16)7-14-12(17)10-5-4-9(15(18)19)6-11(10)20-3/h4-6,16H,7-8H2,1-3H3,(H,14,17). The van der Waals surface area contributed by atoms with Crippen molar-refractivity contribution in [3.63, 3.8) is 0 Å². The summed E-state index contributed by atoms with van der Waals surface area (Å²) in [6.45, 7) is 3.83. The third-order valence-electron chi connectivity index (χ3n) is 2.80. The van der Waals surface area contributed by atoms with Crippen molar-refractivity contribution >= 4 is 11.6 Å². The Morgan fingerprint density at radius 3 is 2.65 bits per heavy atom. The maximum absolute atomic E-state index is 12.0. The minimum absolute atomic E-state index is 0.0648. The molecule has 0 aliphatic heterocycles. The van der Waals surface area contributed by atoms with Crippen LogP contribution in [0.5, 0.6) is 5.75 Å². The average molecular weight is 282 g/mol. The third kappa shape index (κ3) is 3.92. The van der Waals surface area contributed by atoms with Gasteiger partial charge in [0.05, 0.1) is 23.7 Å². The summed E-state index contributed by atoms with van der Waals surface area (Å²) in [4.78, 5) is 22.1. The molecule has 2 N–H and O–H groups in total. The van der Waals surface area contributed by atoms with Crippen LogP contribution in [0.25, 0.3) is 0 Å². The maximum atomic E-state index is 12.0. The predicted molar refractivity (Wildman–Crippen MR) is 72.8 cm³/mol. The van der Waals surface area contributed by atoms with E-state index in [1.807, 2.05) is 0 Å². The normalized spacial score (nSPS) is 11.0. The van der Waals surface area contributed by atoms with E-state index in [9.17, 15) is 14.9 Å². The molecule has 1 aromatic rings. The number of carbonyl (C=O) groups is 1. The van der Waals surface area contributed by atoms with Gasteiger partial charge in [0.15, 0.2) is 0 Å². The lowest BCUT2D eigenvalue weighted by atomic mass is 9.95. The summed E-state index contributed by atoms with van der Waals surface area (Å²) in [6, 6.07) is 3.79. The van der Waals surface area contributed by atoms with Crippen molar-refractivity contribution < 1.29 is 19.6 Å². The van der Waals surface area contributed by atoms with Crippen LogP contribution >= 0.6 is 0 Å². The zero-order chi connectivity index (χ0) is 15.3. The number of nitro benzene ring substituents is 1. The number of nitrogens with zero attached hydrogens (tertiary/aromatic N) is 1. The Hall–Kier alpha value is -2.15. The molecule has 0 atom stereocenters. The molecule has 0 aliphatic rings. The van der Waals surface area contributed by atoms with Crippen LogP contribution in [0.15, 0.2) is 18.2 Å². The van der Waals surface area contributed by atoms with Crippen LogP contribution in [-0.4, -0.2) is 36.2 Å². The summed E-state index contributed by atoms with van der Waals surface area (Å²) in [5.74, 6) is -0.267. The molecule has 0 aromatic heterocycles. The molecule has 0 fully saturated rings. The number of amides is 1. The number of ether oxygens (including phenoxy) is 1. The molecular weight excluding hydrogens is 264 g/mol. The molecule has 7 nitrogen and oxygen atoms in total. The van der Waals surface area contributed by atoms with Crippen LogP contribution in [0.4, 0.5) is 5.69 Å². The number of nitro groups is 1. The van der Waals surface area contributed by atoms with Gasteiger partial charge in [-0.3, -0.25) is 14.9 Å².